The number of rotatable bonds is 49. The third kappa shape index (κ3) is 50.2. The first-order valence-electron chi connectivity index (χ1n) is 27.1. The molecule has 0 aliphatic heterocycles. The Morgan fingerprint density at radius 2 is 0.587 bits per heavy atom. The van der Waals surface area contributed by atoms with Crippen LogP contribution in [0.2, 0.25) is 0 Å². The van der Waals surface area contributed by atoms with Gasteiger partial charge in [-0.25, -0.2) is 0 Å². The van der Waals surface area contributed by atoms with Gasteiger partial charge in [-0.2, -0.15) is 0 Å². The second-order valence-electron chi connectivity index (χ2n) is 18.2. The molecule has 0 bridgehead atoms. The summed E-state index contributed by atoms with van der Waals surface area (Å²) in [5.41, 5.74) is 0. The van der Waals surface area contributed by atoms with Gasteiger partial charge in [0, 0.05) is 19.3 Å². The van der Waals surface area contributed by atoms with Crippen molar-refractivity contribution in [2.75, 3.05) is 13.2 Å². The summed E-state index contributed by atoms with van der Waals surface area (Å²) in [5, 5.41) is 0. The van der Waals surface area contributed by atoms with Crippen LogP contribution in [0.15, 0.2) is 48.6 Å². The van der Waals surface area contributed by atoms with Crippen LogP contribution >= 0.6 is 0 Å². The summed E-state index contributed by atoms with van der Waals surface area (Å²) in [4.78, 5) is 37.9. The van der Waals surface area contributed by atoms with Gasteiger partial charge in [0.25, 0.3) is 0 Å². The number of hydrogen-bond acceptors (Lipinski definition) is 6. The van der Waals surface area contributed by atoms with E-state index in [9.17, 15) is 14.4 Å². The van der Waals surface area contributed by atoms with E-state index < -0.39 is 6.10 Å². The van der Waals surface area contributed by atoms with E-state index in [1.165, 1.54) is 167 Å². The van der Waals surface area contributed by atoms with Gasteiger partial charge < -0.3 is 14.2 Å². The molecular weight excluding hydrogens is 781 g/mol. The van der Waals surface area contributed by atoms with Crippen LogP contribution in [-0.2, 0) is 28.6 Å². The second kappa shape index (κ2) is 52.0. The molecule has 6 heteroatoms. The average Bonchev–Trinajstić information content (AvgIpc) is 3.28. The maximum Gasteiger partial charge on any atom is 0.306 e. The fourth-order valence-electron chi connectivity index (χ4n) is 7.73. The zero-order chi connectivity index (χ0) is 45.8. The van der Waals surface area contributed by atoms with Gasteiger partial charge in [0.15, 0.2) is 6.10 Å². The van der Waals surface area contributed by atoms with Gasteiger partial charge in [-0.15, -0.1) is 0 Å². The summed E-state index contributed by atoms with van der Waals surface area (Å²) in [7, 11) is 0. The number of ether oxygens (including phenoxy) is 3. The van der Waals surface area contributed by atoms with Crippen LogP contribution in [0.4, 0.5) is 0 Å². The molecule has 6 nitrogen and oxygen atoms in total. The van der Waals surface area contributed by atoms with Crippen LogP contribution in [0.25, 0.3) is 0 Å². The summed E-state index contributed by atoms with van der Waals surface area (Å²) >= 11 is 0. The molecule has 63 heavy (non-hydrogen) atoms. The van der Waals surface area contributed by atoms with Crippen molar-refractivity contribution in [3.05, 3.63) is 48.6 Å². The van der Waals surface area contributed by atoms with Gasteiger partial charge in [0.05, 0.1) is 0 Å². The minimum Gasteiger partial charge on any atom is -0.462 e. The fourth-order valence-corrected chi connectivity index (χ4v) is 7.73. The predicted molar refractivity (Wildman–Crippen MR) is 270 cm³/mol. The molecule has 0 radical (unpaired) electrons. The normalized spacial score (nSPS) is 12.4. The highest BCUT2D eigenvalue weighted by molar-refractivity contribution is 5.71. The van der Waals surface area contributed by atoms with Gasteiger partial charge in [-0.1, -0.05) is 249 Å². The molecule has 0 aromatic carbocycles. The maximum atomic E-state index is 12.8. The van der Waals surface area contributed by atoms with Crippen LogP contribution in [0.1, 0.15) is 278 Å². The molecule has 0 aliphatic rings. The molecule has 0 aromatic rings. The lowest BCUT2D eigenvalue weighted by Gasteiger charge is -2.18. The van der Waals surface area contributed by atoms with Crippen molar-refractivity contribution in [1.82, 2.24) is 0 Å². The zero-order valence-corrected chi connectivity index (χ0v) is 41.8. The van der Waals surface area contributed by atoms with Gasteiger partial charge in [0.2, 0.25) is 0 Å². The minimum atomic E-state index is -0.796. The summed E-state index contributed by atoms with van der Waals surface area (Å²) in [6.45, 7) is 6.58. The Hall–Kier alpha value is -2.63. The highest BCUT2D eigenvalue weighted by atomic mass is 16.6. The van der Waals surface area contributed by atoms with Crippen molar-refractivity contribution in [3.8, 4) is 0 Å². The first-order chi connectivity index (χ1) is 31.0. The van der Waals surface area contributed by atoms with E-state index >= 15 is 0 Å². The Bertz CT molecular complexity index is 1110. The van der Waals surface area contributed by atoms with E-state index in [-0.39, 0.29) is 37.5 Å². The highest BCUT2D eigenvalue weighted by Gasteiger charge is 2.19. The molecular formula is C57H102O6. The molecule has 0 N–H and O–H groups in total. The lowest BCUT2D eigenvalue weighted by Crippen LogP contribution is -2.30. The van der Waals surface area contributed by atoms with E-state index in [4.69, 9.17) is 14.2 Å². The summed E-state index contributed by atoms with van der Waals surface area (Å²) in [6, 6.07) is 0. The second-order valence-corrected chi connectivity index (χ2v) is 18.2. The maximum absolute atomic E-state index is 12.8. The monoisotopic (exact) mass is 883 g/mol. The van der Waals surface area contributed by atoms with Crippen molar-refractivity contribution in [2.24, 2.45) is 0 Å². The third-order valence-electron chi connectivity index (χ3n) is 11.8. The van der Waals surface area contributed by atoms with Crippen LogP contribution in [-0.4, -0.2) is 37.2 Å². The first kappa shape index (κ1) is 60.4. The minimum absolute atomic E-state index is 0.0909. The smallest absolute Gasteiger partial charge is 0.306 e. The Balaban J connectivity index is 4.38. The molecule has 0 saturated heterocycles. The number of esters is 3. The van der Waals surface area contributed by atoms with Crippen LogP contribution in [0.3, 0.4) is 0 Å². The quantitative estimate of drug-likeness (QED) is 0.0262. The van der Waals surface area contributed by atoms with Crippen LogP contribution in [0, 0.1) is 0 Å². The Kier molecular flexibility index (Phi) is 49.8. The van der Waals surface area contributed by atoms with Gasteiger partial charge in [-0.3, -0.25) is 14.4 Å². The molecule has 1 unspecified atom stereocenters. The Morgan fingerprint density at radius 1 is 0.317 bits per heavy atom. The molecule has 0 heterocycles. The SMILES string of the molecule is CCCCC/C=C\C/C=C\C/C=C\C/C=C\CCCC(=O)OC(COC(=O)CCCCCCCCCCCC)COC(=O)CCCCCCCCCCCCCCCCCCCC. The van der Waals surface area contributed by atoms with E-state index in [0.29, 0.717) is 19.3 Å². The fraction of sp³-hybridized carbons (Fsp3) is 0.807. The van der Waals surface area contributed by atoms with Crippen molar-refractivity contribution in [3.63, 3.8) is 0 Å². The van der Waals surface area contributed by atoms with E-state index in [0.717, 1.165) is 64.2 Å². The molecule has 0 saturated carbocycles. The largest absolute Gasteiger partial charge is 0.462 e. The van der Waals surface area contributed by atoms with Crippen LogP contribution in [0.5, 0.6) is 0 Å². The molecule has 0 rings (SSSR count). The van der Waals surface area contributed by atoms with E-state index in [2.05, 4.69) is 69.4 Å². The highest BCUT2D eigenvalue weighted by Crippen LogP contribution is 2.16. The van der Waals surface area contributed by atoms with Gasteiger partial charge in [0.1, 0.15) is 13.2 Å². The number of unbranched alkanes of at least 4 members (excludes halogenated alkanes) is 30. The van der Waals surface area contributed by atoms with Crippen molar-refractivity contribution in [1.29, 1.82) is 0 Å². The molecule has 0 aromatic heterocycles. The number of carbonyl (C=O) groups excluding carboxylic acids is 3. The lowest BCUT2D eigenvalue weighted by atomic mass is 10.0. The molecule has 0 aliphatic carbocycles. The van der Waals surface area contributed by atoms with Crippen molar-refractivity contribution in [2.45, 2.75) is 284 Å². The summed E-state index contributed by atoms with van der Waals surface area (Å²) < 4.78 is 16.8. The Labute approximate surface area is 390 Å². The molecule has 0 spiro atoms. The molecule has 0 fully saturated rings. The molecule has 0 amide bonds. The summed E-state index contributed by atoms with van der Waals surface area (Å²) in [5.74, 6) is -0.938. The zero-order valence-electron chi connectivity index (χ0n) is 41.8. The van der Waals surface area contributed by atoms with Crippen molar-refractivity contribution < 1.29 is 28.6 Å². The van der Waals surface area contributed by atoms with Gasteiger partial charge in [-0.05, 0) is 57.8 Å². The van der Waals surface area contributed by atoms with E-state index in [1.807, 2.05) is 0 Å². The Morgan fingerprint density at radius 3 is 0.937 bits per heavy atom. The van der Waals surface area contributed by atoms with E-state index in [1.54, 1.807) is 0 Å². The number of carbonyl (C=O) groups is 3. The van der Waals surface area contributed by atoms with Crippen molar-refractivity contribution >= 4 is 17.9 Å². The topological polar surface area (TPSA) is 78.9 Å². The lowest BCUT2D eigenvalue weighted by molar-refractivity contribution is -0.167. The first-order valence-corrected chi connectivity index (χ1v) is 27.1. The van der Waals surface area contributed by atoms with Gasteiger partial charge >= 0.3 is 17.9 Å². The number of hydrogen-bond donors (Lipinski definition) is 0. The average molecular weight is 883 g/mol. The summed E-state index contributed by atoms with van der Waals surface area (Å²) in [6.07, 6.45) is 62.5. The number of allylic oxidation sites excluding steroid dienone is 8. The standard InChI is InChI=1S/C57H102O6/c1-4-7-10-13-16-19-22-24-26-28-30-31-33-35-38-41-44-47-50-56(59)62-53-54(52-61-55(58)49-46-43-40-37-21-18-15-12-9-6-3)63-57(60)51-48-45-42-39-36-34-32-29-27-25-23-20-17-14-11-8-5-2/h17,20,25,27,32,34,39,42,54H,4-16,18-19,21-24,26,28-31,33,35-38,40-41,43-53H2,1-3H3/b20-17-,27-25-,34-32-,42-39-. The third-order valence-corrected chi connectivity index (χ3v) is 11.8. The predicted octanol–water partition coefficient (Wildman–Crippen LogP) is 17.9. The molecule has 366 valence electrons. The van der Waals surface area contributed by atoms with Crippen LogP contribution < -0.4 is 0 Å². The molecule has 1 atom stereocenters.